The van der Waals surface area contributed by atoms with Crippen LogP contribution in [0.25, 0.3) is 5.69 Å². The Hall–Kier alpha value is -3.40. The Kier molecular flexibility index (Phi) is 8.02. The first kappa shape index (κ1) is 24.7. The molecule has 0 aliphatic carbocycles. The first-order valence-electron chi connectivity index (χ1n) is 10.3. The second kappa shape index (κ2) is 11.4. The molecular weight excluding hydrogens is 512 g/mol. The zero-order valence-electron chi connectivity index (χ0n) is 18.0. The van der Waals surface area contributed by atoms with Gasteiger partial charge < -0.3 is 10.6 Å². The zero-order chi connectivity index (χ0) is 24.8. The van der Waals surface area contributed by atoms with E-state index in [1.54, 1.807) is 22.8 Å². The van der Waals surface area contributed by atoms with Crippen molar-refractivity contribution >= 4 is 58.2 Å². The van der Waals surface area contributed by atoms with Gasteiger partial charge in [-0.25, -0.2) is 4.39 Å². The maximum Gasteiger partial charge on any atom is 0.234 e. The third kappa shape index (κ3) is 6.60. The number of nitrogens with zero attached hydrogens (tertiary/aromatic N) is 3. The molecule has 11 heteroatoms. The van der Waals surface area contributed by atoms with Gasteiger partial charge in [-0.05, 0) is 54.6 Å². The fourth-order valence-corrected chi connectivity index (χ4v) is 4.24. The Morgan fingerprint density at radius 2 is 1.66 bits per heavy atom. The topological polar surface area (TPSA) is 88.9 Å². The molecule has 7 nitrogen and oxygen atoms in total. The molecule has 0 aliphatic rings. The predicted octanol–water partition coefficient (Wildman–Crippen LogP) is 5.63. The van der Waals surface area contributed by atoms with Gasteiger partial charge >= 0.3 is 0 Å². The standard InChI is InChI=1S/C24H18Cl2FN5O2S/c25-15-6-11-19(26)20(12-15)29-23(34)14-35-24-31-30-21(32(24)18-4-2-1-3-5-18)13-22(33)28-17-9-7-16(27)8-10-17/h1-12H,13-14H2,(H,28,33)(H,29,34). The van der Waals surface area contributed by atoms with Crippen LogP contribution >= 0.6 is 35.0 Å². The summed E-state index contributed by atoms with van der Waals surface area (Å²) in [5.41, 5.74) is 1.61. The second-order valence-electron chi connectivity index (χ2n) is 7.26. The molecule has 0 saturated heterocycles. The lowest BCUT2D eigenvalue weighted by atomic mass is 10.2. The minimum atomic E-state index is -0.393. The second-order valence-corrected chi connectivity index (χ2v) is 9.05. The summed E-state index contributed by atoms with van der Waals surface area (Å²) in [5.74, 6) is -0.634. The molecule has 4 rings (SSSR count). The van der Waals surface area contributed by atoms with Crippen LogP contribution in [0.3, 0.4) is 0 Å². The maximum absolute atomic E-state index is 13.1. The van der Waals surface area contributed by atoms with Crippen molar-refractivity contribution in [1.82, 2.24) is 14.8 Å². The fourth-order valence-electron chi connectivity index (χ4n) is 3.14. The summed E-state index contributed by atoms with van der Waals surface area (Å²) in [6.07, 6.45) is -0.0792. The van der Waals surface area contributed by atoms with Crippen molar-refractivity contribution in [2.75, 3.05) is 16.4 Å². The van der Waals surface area contributed by atoms with Crippen LogP contribution in [-0.4, -0.2) is 32.3 Å². The molecule has 178 valence electrons. The molecule has 0 radical (unpaired) electrons. The molecule has 2 amide bonds. The van der Waals surface area contributed by atoms with Crippen LogP contribution < -0.4 is 10.6 Å². The van der Waals surface area contributed by atoms with Crippen molar-refractivity contribution in [2.24, 2.45) is 0 Å². The number of aromatic nitrogens is 3. The summed E-state index contributed by atoms with van der Waals surface area (Å²) in [5, 5.41) is 15.1. The largest absolute Gasteiger partial charge is 0.326 e. The van der Waals surface area contributed by atoms with Crippen LogP contribution in [0, 0.1) is 5.82 Å². The molecule has 0 fully saturated rings. The number of carbonyl (C=O) groups excluding carboxylic acids is 2. The van der Waals surface area contributed by atoms with E-state index in [-0.39, 0.29) is 24.0 Å². The van der Waals surface area contributed by atoms with Crippen LogP contribution in [-0.2, 0) is 16.0 Å². The number of hydrogen-bond acceptors (Lipinski definition) is 5. The third-order valence-electron chi connectivity index (χ3n) is 4.70. The molecule has 1 heterocycles. The fraction of sp³-hybridized carbons (Fsp3) is 0.0833. The molecule has 0 atom stereocenters. The van der Waals surface area contributed by atoms with Crippen LogP contribution in [0.4, 0.5) is 15.8 Å². The van der Waals surface area contributed by atoms with Gasteiger partial charge in [0.2, 0.25) is 11.8 Å². The number of thioether (sulfide) groups is 1. The average molecular weight is 530 g/mol. The highest BCUT2D eigenvalue weighted by atomic mass is 35.5. The minimum absolute atomic E-state index is 0.0234. The van der Waals surface area contributed by atoms with E-state index in [9.17, 15) is 14.0 Å². The van der Waals surface area contributed by atoms with Gasteiger partial charge in [0.25, 0.3) is 0 Å². The monoisotopic (exact) mass is 529 g/mol. The zero-order valence-corrected chi connectivity index (χ0v) is 20.4. The Bertz CT molecular complexity index is 1350. The summed E-state index contributed by atoms with van der Waals surface area (Å²) in [6.45, 7) is 0. The molecule has 0 unspecified atom stereocenters. The first-order chi connectivity index (χ1) is 16.9. The highest BCUT2D eigenvalue weighted by molar-refractivity contribution is 7.99. The predicted molar refractivity (Wildman–Crippen MR) is 136 cm³/mol. The first-order valence-corrected chi connectivity index (χ1v) is 12.1. The maximum atomic E-state index is 13.1. The van der Waals surface area contributed by atoms with Crippen molar-refractivity contribution in [1.29, 1.82) is 0 Å². The molecule has 2 N–H and O–H groups in total. The Morgan fingerprint density at radius 3 is 2.40 bits per heavy atom. The molecule has 0 saturated carbocycles. The number of anilines is 2. The van der Waals surface area contributed by atoms with E-state index in [4.69, 9.17) is 23.2 Å². The lowest BCUT2D eigenvalue weighted by Gasteiger charge is -2.11. The lowest BCUT2D eigenvalue weighted by molar-refractivity contribution is -0.116. The number of halogens is 3. The van der Waals surface area contributed by atoms with Crippen molar-refractivity contribution in [3.63, 3.8) is 0 Å². The van der Waals surface area contributed by atoms with Crippen LogP contribution in [0.2, 0.25) is 10.0 Å². The van der Waals surface area contributed by atoms with Gasteiger partial charge in [0.05, 0.1) is 22.9 Å². The highest BCUT2D eigenvalue weighted by Crippen LogP contribution is 2.27. The highest BCUT2D eigenvalue weighted by Gasteiger charge is 2.19. The number of benzene rings is 3. The molecule has 4 aromatic rings. The van der Waals surface area contributed by atoms with E-state index in [1.807, 2.05) is 30.3 Å². The van der Waals surface area contributed by atoms with E-state index in [0.29, 0.717) is 32.4 Å². The number of nitrogens with one attached hydrogen (secondary N) is 2. The summed E-state index contributed by atoms with van der Waals surface area (Å²) in [4.78, 5) is 25.1. The van der Waals surface area contributed by atoms with Gasteiger partial charge in [-0.1, -0.05) is 53.2 Å². The summed E-state index contributed by atoms with van der Waals surface area (Å²) in [6, 6.07) is 19.5. The quantitative estimate of drug-likeness (QED) is 0.289. The van der Waals surface area contributed by atoms with Crippen LogP contribution in [0.15, 0.2) is 78.0 Å². The van der Waals surface area contributed by atoms with E-state index in [1.165, 1.54) is 24.3 Å². The van der Waals surface area contributed by atoms with Crippen molar-refractivity contribution in [2.45, 2.75) is 11.6 Å². The van der Waals surface area contributed by atoms with Crippen LogP contribution in [0.1, 0.15) is 5.82 Å². The molecular formula is C24H18Cl2FN5O2S. The number of carbonyl (C=O) groups is 2. The number of rotatable bonds is 8. The number of hydrogen-bond donors (Lipinski definition) is 2. The molecule has 0 spiro atoms. The van der Waals surface area contributed by atoms with E-state index in [0.717, 1.165) is 17.4 Å². The van der Waals surface area contributed by atoms with Crippen molar-refractivity contribution in [3.05, 3.63) is 94.5 Å². The molecule has 0 bridgehead atoms. The number of amides is 2. The van der Waals surface area contributed by atoms with Gasteiger partial charge in [-0.2, -0.15) is 0 Å². The van der Waals surface area contributed by atoms with Crippen LogP contribution in [0.5, 0.6) is 0 Å². The Labute approximate surface area is 214 Å². The van der Waals surface area contributed by atoms with Gasteiger partial charge in [-0.15, -0.1) is 10.2 Å². The SMILES string of the molecule is O=C(Cc1nnc(SCC(=O)Nc2cc(Cl)ccc2Cl)n1-c1ccccc1)Nc1ccc(F)cc1. The third-order valence-corrected chi connectivity index (χ3v) is 6.19. The summed E-state index contributed by atoms with van der Waals surface area (Å²) < 4.78 is 14.8. The summed E-state index contributed by atoms with van der Waals surface area (Å²) in [7, 11) is 0. The summed E-state index contributed by atoms with van der Waals surface area (Å²) >= 11 is 13.3. The van der Waals surface area contributed by atoms with Gasteiger partial charge in [0.15, 0.2) is 5.16 Å². The number of para-hydroxylation sites is 1. The Balaban J connectivity index is 1.49. The van der Waals surface area contributed by atoms with E-state index < -0.39 is 5.82 Å². The molecule has 0 aliphatic heterocycles. The van der Waals surface area contributed by atoms with Crippen molar-refractivity contribution in [3.8, 4) is 5.69 Å². The van der Waals surface area contributed by atoms with Gasteiger partial charge in [-0.3, -0.25) is 14.2 Å². The Morgan fingerprint density at radius 1 is 0.914 bits per heavy atom. The minimum Gasteiger partial charge on any atom is -0.326 e. The lowest BCUT2D eigenvalue weighted by Crippen LogP contribution is -2.18. The smallest absolute Gasteiger partial charge is 0.234 e. The van der Waals surface area contributed by atoms with Gasteiger partial charge in [0, 0.05) is 16.4 Å². The normalized spacial score (nSPS) is 10.7. The molecule has 3 aromatic carbocycles. The molecule has 35 heavy (non-hydrogen) atoms. The van der Waals surface area contributed by atoms with Gasteiger partial charge in [0.1, 0.15) is 11.6 Å². The molecule has 1 aromatic heterocycles. The van der Waals surface area contributed by atoms with Crippen molar-refractivity contribution < 1.29 is 14.0 Å². The average Bonchev–Trinajstić information content (AvgIpc) is 3.24. The van der Waals surface area contributed by atoms with E-state index in [2.05, 4.69) is 20.8 Å². The van der Waals surface area contributed by atoms with E-state index >= 15 is 0 Å².